The van der Waals surface area contributed by atoms with Gasteiger partial charge in [0.1, 0.15) is 5.82 Å². The van der Waals surface area contributed by atoms with Crippen molar-refractivity contribution < 1.29 is 0 Å². The fraction of sp³-hybridized carbons (Fsp3) is 0.250. The summed E-state index contributed by atoms with van der Waals surface area (Å²) in [6.07, 6.45) is 5.25. The van der Waals surface area contributed by atoms with Crippen LogP contribution < -0.4 is 16.2 Å². The molecule has 0 spiro atoms. The van der Waals surface area contributed by atoms with Crippen molar-refractivity contribution in [2.75, 3.05) is 16.9 Å². The summed E-state index contributed by atoms with van der Waals surface area (Å²) in [6, 6.07) is 3.97. The third kappa shape index (κ3) is 3.39. The average molecular weight is 323 g/mol. The molecule has 2 aromatic heterocycles. The topological polar surface area (TPSA) is 80.0 Å². The lowest BCUT2D eigenvalue weighted by Crippen LogP contribution is -2.24. The van der Waals surface area contributed by atoms with Gasteiger partial charge in [0.25, 0.3) is 0 Å². The van der Waals surface area contributed by atoms with Crippen LogP contribution in [0.25, 0.3) is 0 Å². The molecule has 2 aromatic rings. The molecule has 0 bridgehead atoms. The van der Waals surface area contributed by atoms with Crippen LogP contribution in [0, 0.1) is 0 Å². The zero-order valence-corrected chi connectivity index (χ0v) is 12.1. The molecule has 19 heavy (non-hydrogen) atoms. The number of hydrogen-bond acceptors (Lipinski definition) is 6. The molecule has 2 rings (SSSR count). The molecule has 0 saturated carbocycles. The Morgan fingerprint density at radius 2 is 2.11 bits per heavy atom. The van der Waals surface area contributed by atoms with Crippen molar-refractivity contribution in [3.05, 3.63) is 40.8 Å². The molecule has 100 valence electrons. The van der Waals surface area contributed by atoms with E-state index in [0.29, 0.717) is 5.95 Å². The fourth-order valence-corrected chi connectivity index (χ4v) is 2.14. The van der Waals surface area contributed by atoms with Crippen molar-refractivity contribution in [2.24, 2.45) is 5.84 Å². The molecule has 7 heteroatoms. The zero-order chi connectivity index (χ0) is 13.7. The number of nitrogens with one attached hydrogen (secondary N) is 1. The van der Waals surface area contributed by atoms with Gasteiger partial charge in [-0.3, -0.25) is 10.4 Å². The largest absolute Gasteiger partial charge is 0.351 e. The summed E-state index contributed by atoms with van der Waals surface area (Å²) in [4.78, 5) is 14.6. The molecular weight excluding hydrogens is 308 g/mol. The van der Waals surface area contributed by atoms with Crippen molar-refractivity contribution in [1.29, 1.82) is 0 Å². The van der Waals surface area contributed by atoms with Crippen molar-refractivity contribution in [3.8, 4) is 0 Å². The number of anilines is 2. The Morgan fingerprint density at radius 1 is 1.37 bits per heavy atom. The molecule has 0 aliphatic rings. The second-order valence-electron chi connectivity index (χ2n) is 3.88. The number of nitrogen functional groups attached to an aromatic ring is 1. The van der Waals surface area contributed by atoms with Gasteiger partial charge in [0.2, 0.25) is 5.95 Å². The zero-order valence-electron chi connectivity index (χ0n) is 10.5. The molecule has 6 nitrogen and oxygen atoms in total. The second-order valence-corrected chi connectivity index (χ2v) is 4.73. The van der Waals surface area contributed by atoms with Gasteiger partial charge in [-0.2, -0.15) is 4.98 Å². The first-order valence-electron chi connectivity index (χ1n) is 5.87. The van der Waals surface area contributed by atoms with Crippen LogP contribution in [-0.4, -0.2) is 21.5 Å². The minimum Gasteiger partial charge on any atom is -0.351 e. The molecule has 0 amide bonds. The smallest absolute Gasteiger partial charge is 0.239 e. The highest BCUT2D eigenvalue weighted by Crippen LogP contribution is 2.25. The van der Waals surface area contributed by atoms with E-state index in [4.69, 9.17) is 5.84 Å². The first-order valence-corrected chi connectivity index (χ1v) is 6.67. The molecule has 2 heterocycles. The van der Waals surface area contributed by atoms with Gasteiger partial charge in [-0.1, -0.05) is 0 Å². The van der Waals surface area contributed by atoms with E-state index < -0.39 is 0 Å². The Hall–Kier alpha value is -1.73. The monoisotopic (exact) mass is 322 g/mol. The first-order chi connectivity index (χ1) is 9.24. The van der Waals surface area contributed by atoms with Gasteiger partial charge in [-0.15, -0.1) is 0 Å². The van der Waals surface area contributed by atoms with Crippen LogP contribution in [0.2, 0.25) is 0 Å². The van der Waals surface area contributed by atoms with Crippen LogP contribution in [0.4, 0.5) is 11.8 Å². The number of rotatable bonds is 5. The quantitative estimate of drug-likeness (QED) is 0.647. The van der Waals surface area contributed by atoms with E-state index in [2.05, 4.69) is 48.1 Å². The number of halogens is 1. The maximum atomic E-state index is 5.35. The Balaban J connectivity index is 2.26. The number of pyridine rings is 1. The highest BCUT2D eigenvalue weighted by molar-refractivity contribution is 9.10. The molecular formula is C12H15BrN6. The Morgan fingerprint density at radius 3 is 2.74 bits per heavy atom. The van der Waals surface area contributed by atoms with Gasteiger partial charge in [-0.25, -0.2) is 10.8 Å². The average Bonchev–Trinajstić information content (AvgIpc) is 2.47. The molecule has 0 radical (unpaired) electrons. The number of hydrazine groups is 1. The van der Waals surface area contributed by atoms with Gasteiger partial charge in [0.05, 0.1) is 4.47 Å². The van der Waals surface area contributed by atoms with Crippen molar-refractivity contribution >= 4 is 27.7 Å². The lowest BCUT2D eigenvalue weighted by Gasteiger charge is -2.23. The number of hydrogen-bond donors (Lipinski definition) is 2. The van der Waals surface area contributed by atoms with Crippen LogP contribution in [0.3, 0.4) is 0 Å². The van der Waals surface area contributed by atoms with Crippen molar-refractivity contribution in [2.45, 2.75) is 13.5 Å². The number of aromatic nitrogens is 3. The van der Waals surface area contributed by atoms with Gasteiger partial charge in [0, 0.05) is 31.7 Å². The first kappa shape index (κ1) is 13.7. The third-order valence-corrected chi connectivity index (χ3v) is 3.22. The minimum atomic E-state index is 0.395. The summed E-state index contributed by atoms with van der Waals surface area (Å²) in [6.45, 7) is 3.64. The van der Waals surface area contributed by atoms with Crippen LogP contribution >= 0.6 is 15.9 Å². The predicted octanol–water partition coefficient (Wildman–Crippen LogP) is 1.95. The summed E-state index contributed by atoms with van der Waals surface area (Å²) in [5, 5.41) is 0. The van der Waals surface area contributed by atoms with Crippen LogP contribution in [0.1, 0.15) is 12.5 Å². The maximum Gasteiger partial charge on any atom is 0.239 e. The van der Waals surface area contributed by atoms with E-state index in [-0.39, 0.29) is 0 Å². The predicted molar refractivity (Wildman–Crippen MR) is 78.5 cm³/mol. The highest BCUT2D eigenvalue weighted by Gasteiger charge is 2.12. The SMILES string of the molecule is CCN(Cc1ccncc1)c1nc(NN)ncc1Br. The Kier molecular flexibility index (Phi) is 4.64. The van der Waals surface area contributed by atoms with Crippen molar-refractivity contribution in [3.63, 3.8) is 0 Å². The number of nitrogens with two attached hydrogens (primary N) is 1. The van der Waals surface area contributed by atoms with Gasteiger partial charge >= 0.3 is 0 Å². The van der Waals surface area contributed by atoms with E-state index in [1.807, 2.05) is 12.1 Å². The maximum absolute atomic E-state index is 5.35. The van der Waals surface area contributed by atoms with Crippen LogP contribution in [0.5, 0.6) is 0 Å². The molecule has 0 atom stereocenters. The Labute approximate surface area is 120 Å². The molecule has 0 saturated heterocycles. The lowest BCUT2D eigenvalue weighted by molar-refractivity contribution is 0.806. The van der Waals surface area contributed by atoms with E-state index in [1.54, 1.807) is 18.6 Å². The van der Waals surface area contributed by atoms with E-state index in [1.165, 1.54) is 5.56 Å². The Bertz CT molecular complexity index is 533. The third-order valence-electron chi connectivity index (χ3n) is 2.66. The van der Waals surface area contributed by atoms with Gasteiger partial charge < -0.3 is 4.90 Å². The molecule has 0 unspecified atom stereocenters. The molecule has 0 aromatic carbocycles. The normalized spacial score (nSPS) is 10.3. The second kappa shape index (κ2) is 6.44. The summed E-state index contributed by atoms with van der Waals surface area (Å²) in [5.74, 6) is 6.55. The van der Waals surface area contributed by atoms with Gasteiger partial charge in [-0.05, 0) is 40.5 Å². The fourth-order valence-electron chi connectivity index (χ4n) is 1.69. The van der Waals surface area contributed by atoms with Crippen LogP contribution in [0.15, 0.2) is 35.2 Å². The summed E-state index contributed by atoms with van der Waals surface area (Å²) >= 11 is 3.47. The van der Waals surface area contributed by atoms with E-state index >= 15 is 0 Å². The molecule has 3 N–H and O–H groups in total. The summed E-state index contributed by atoms with van der Waals surface area (Å²) in [7, 11) is 0. The highest BCUT2D eigenvalue weighted by atomic mass is 79.9. The summed E-state index contributed by atoms with van der Waals surface area (Å²) < 4.78 is 0.836. The molecule has 0 aliphatic carbocycles. The van der Waals surface area contributed by atoms with Crippen LogP contribution in [-0.2, 0) is 6.54 Å². The van der Waals surface area contributed by atoms with E-state index in [9.17, 15) is 0 Å². The molecule has 0 fully saturated rings. The lowest BCUT2D eigenvalue weighted by atomic mass is 10.2. The number of nitrogens with zero attached hydrogens (tertiary/aromatic N) is 4. The summed E-state index contributed by atoms with van der Waals surface area (Å²) in [5.41, 5.74) is 3.63. The minimum absolute atomic E-state index is 0.395. The van der Waals surface area contributed by atoms with E-state index in [0.717, 1.165) is 23.4 Å². The van der Waals surface area contributed by atoms with Gasteiger partial charge in [0.15, 0.2) is 0 Å². The van der Waals surface area contributed by atoms with Crippen molar-refractivity contribution in [1.82, 2.24) is 15.0 Å². The standard InChI is InChI=1S/C12H15BrN6/c1-2-19(8-9-3-5-15-6-4-9)11-10(13)7-16-12(17-11)18-14/h3-7H,2,8,14H2,1H3,(H,16,17,18). The molecule has 0 aliphatic heterocycles.